The number of carbonyl (C=O) groups excluding carboxylic acids is 1. The molecule has 3 aromatic heterocycles. The van der Waals surface area contributed by atoms with E-state index in [-0.39, 0.29) is 18.6 Å². The van der Waals surface area contributed by atoms with Crippen molar-refractivity contribution >= 4 is 17.0 Å². The van der Waals surface area contributed by atoms with Gasteiger partial charge in [-0.15, -0.1) is 0 Å². The van der Waals surface area contributed by atoms with Crippen LogP contribution in [0.2, 0.25) is 0 Å². The maximum absolute atomic E-state index is 15.4. The molecule has 3 heterocycles. The number of nitrogens with zero attached hydrogens (tertiary/aromatic N) is 4. The zero-order valence-electron chi connectivity index (χ0n) is 23.0. The number of pyridine rings is 2. The molecule has 0 aliphatic carbocycles. The number of aryl methyl sites for hydroxylation is 1. The van der Waals surface area contributed by atoms with Gasteiger partial charge in [0.25, 0.3) is 5.56 Å². The van der Waals surface area contributed by atoms with Crippen LogP contribution >= 0.6 is 0 Å². The minimum atomic E-state index is -0.443. The first-order chi connectivity index (χ1) is 19.9. The first-order valence-corrected chi connectivity index (χ1v) is 13.0. The SMILES string of the molecule is COCCn1c(Cc2ccc(-c3cccc(OCc4cccn(C)c4=O)n3)cc2F)nc2ccc(C(=O)OC)cc21. The number of fused-ring (bicyclic) bond motifs is 1. The smallest absolute Gasteiger partial charge is 0.337 e. The van der Waals surface area contributed by atoms with Gasteiger partial charge < -0.3 is 23.3 Å². The number of aromatic nitrogens is 4. The van der Waals surface area contributed by atoms with Crippen LogP contribution in [0.3, 0.4) is 0 Å². The highest BCUT2D eigenvalue weighted by molar-refractivity contribution is 5.93. The van der Waals surface area contributed by atoms with E-state index in [2.05, 4.69) is 4.98 Å². The van der Waals surface area contributed by atoms with Crippen molar-refractivity contribution in [2.45, 2.75) is 19.6 Å². The molecule has 0 unspecified atom stereocenters. The molecule has 10 heteroatoms. The average molecular weight is 557 g/mol. The van der Waals surface area contributed by atoms with Crippen molar-refractivity contribution in [1.82, 2.24) is 19.1 Å². The molecule has 0 atom stereocenters. The van der Waals surface area contributed by atoms with Crippen LogP contribution in [-0.4, -0.2) is 45.9 Å². The summed E-state index contributed by atoms with van der Waals surface area (Å²) in [4.78, 5) is 33.5. The predicted molar refractivity (Wildman–Crippen MR) is 151 cm³/mol. The van der Waals surface area contributed by atoms with E-state index in [4.69, 9.17) is 19.2 Å². The number of rotatable bonds is 10. The Morgan fingerprint density at radius 3 is 2.61 bits per heavy atom. The number of ether oxygens (including phenoxy) is 3. The lowest BCUT2D eigenvalue weighted by Crippen LogP contribution is -2.21. The lowest BCUT2D eigenvalue weighted by atomic mass is 10.1. The first kappa shape index (κ1) is 27.7. The van der Waals surface area contributed by atoms with Crippen LogP contribution in [0.25, 0.3) is 22.3 Å². The minimum Gasteiger partial charge on any atom is -0.473 e. The molecule has 0 saturated carbocycles. The predicted octanol–water partition coefficient (Wildman–Crippen LogP) is 4.54. The van der Waals surface area contributed by atoms with Crippen LogP contribution in [-0.2, 0) is 36.1 Å². The van der Waals surface area contributed by atoms with E-state index in [9.17, 15) is 9.59 Å². The number of benzene rings is 2. The van der Waals surface area contributed by atoms with Gasteiger partial charge in [0.15, 0.2) is 0 Å². The van der Waals surface area contributed by atoms with Gasteiger partial charge in [0.1, 0.15) is 18.2 Å². The molecule has 0 N–H and O–H groups in total. The van der Waals surface area contributed by atoms with Crippen molar-refractivity contribution in [1.29, 1.82) is 0 Å². The summed E-state index contributed by atoms with van der Waals surface area (Å²) >= 11 is 0. The molecule has 0 bridgehead atoms. The molecule has 5 aromatic rings. The van der Waals surface area contributed by atoms with E-state index < -0.39 is 11.8 Å². The monoisotopic (exact) mass is 556 g/mol. The number of halogens is 1. The van der Waals surface area contributed by atoms with E-state index in [0.29, 0.717) is 58.3 Å². The van der Waals surface area contributed by atoms with Crippen molar-refractivity contribution in [3.05, 3.63) is 112 Å². The van der Waals surface area contributed by atoms with Gasteiger partial charge in [0, 0.05) is 44.9 Å². The lowest BCUT2D eigenvalue weighted by Gasteiger charge is -2.11. The highest BCUT2D eigenvalue weighted by atomic mass is 19.1. The molecular weight excluding hydrogens is 527 g/mol. The second-order valence-corrected chi connectivity index (χ2v) is 9.45. The largest absolute Gasteiger partial charge is 0.473 e. The Kier molecular flexibility index (Phi) is 8.21. The number of imidazole rings is 1. The summed E-state index contributed by atoms with van der Waals surface area (Å²) in [6, 6.07) is 18.8. The van der Waals surface area contributed by atoms with Gasteiger partial charge in [-0.2, -0.15) is 0 Å². The number of hydrogen-bond donors (Lipinski definition) is 0. The Bertz CT molecular complexity index is 1780. The molecule has 41 heavy (non-hydrogen) atoms. The molecule has 0 aliphatic rings. The molecule has 210 valence electrons. The van der Waals surface area contributed by atoms with Crippen LogP contribution < -0.4 is 10.3 Å². The Hall–Kier alpha value is -4.83. The topological polar surface area (TPSA) is 97.5 Å². The summed E-state index contributed by atoms with van der Waals surface area (Å²) in [6.07, 6.45) is 1.92. The highest BCUT2D eigenvalue weighted by Gasteiger charge is 2.17. The van der Waals surface area contributed by atoms with Crippen LogP contribution in [0.15, 0.2) is 77.7 Å². The van der Waals surface area contributed by atoms with Gasteiger partial charge in [-0.25, -0.2) is 19.2 Å². The molecule has 0 radical (unpaired) electrons. The molecule has 9 nitrogen and oxygen atoms in total. The fourth-order valence-corrected chi connectivity index (χ4v) is 4.58. The molecule has 0 spiro atoms. The van der Waals surface area contributed by atoms with E-state index in [0.717, 1.165) is 5.52 Å². The van der Waals surface area contributed by atoms with E-state index in [1.54, 1.807) is 81.0 Å². The third-order valence-electron chi connectivity index (χ3n) is 6.77. The van der Waals surface area contributed by atoms with Crippen LogP contribution in [0.5, 0.6) is 5.88 Å². The third kappa shape index (κ3) is 6.02. The highest BCUT2D eigenvalue weighted by Crippen LogP contribution is 2.26. The van der Waals surface area contributed by atoms with Gasteiger partial charge in [-0.1, -0.05) is 18.2 Å². The van der Waals surface area contributed by atoms with Crippen LogP contribution in [0, 0.1) is 5.82 Å². The van der Waals surface area contributed by atoms with Crippen molar-refractivity contribution in [3.63, 3.8) is 0 Å². The second-order valence-electron chi connectivity index (χ2n) is 9.45. The fourth-order valence-electron chi connectivity index (χ4n) is 4.58. The molecule has 5 rings (SSSR count). The Morgan fingerprint density at radius 2 is 1.83 bits per heavy atom. The minimum absolute atomic E-state index is 0.0719. The first-order valence-electron chi connectivity index (χ1n) is 13.0. The number of methoxy groups -OCH3 is 2. The molecule has 2 aromatic carbocycles. The van der Waals surface area contributed by atoms with Crippen molar-refractivity contribution in [3.8, 4) is 17.1 Å². The zero-order valence-corrected chi connectivity index (χ0v) is 23.0. The van der Waals surface area contributed by atoms with Crippen molar-refractivity contribution in [2.75, 3.05) is 20.8 Å². The second kappa shape index (κ2) is 12.1. The molecule has 0 saturated heterocycles. The van der Waals surface area contributed by atoms with E-state index >= 15 is 4.39 Å². The van der Waals surface area contributed by atoms with Crippen molar-refractivity contribution in [2.24, 2.45) is 7.05 Å². The fraction of sp³-hybridized carbons (Fsp3) is 0.226. The maximum atomic E-state index is 15.4. The van der Waals surface area contributed by atoms with Crippen molar-refractivity contribution < 1.29 is 23.4 Å². The number of carbonyl (C=O) groups is 1. The van der Waals surface area contributed by atoms with E-state index in [1.165, 1.54) is 17.7 Å². The summed E-state index contributed by atoms with van der Waals surface area (Å²) in [5.41, 5.74) is 3.80. The summed E-state index contributed by atoms with van der Waals surface area (Å²) in [7, 11) is 4.62. The van der Waals surface area contributed by atoms with E-state index in [1.807, 2.05) is 4.57 Å². The van der Waals surface area contributed by atoms with Gasteiger partial charge >= 0.3 is 5.97 Å². The Balaban J connectivity index is 1.38. The van der Waals surface area contributed by atoms with Gasteiger partial charge in [-0.3, -0.25) is 4.79 Å². The molecule has 0 aliphatic heterocycles. The summed E-state index contributed by atoms with van der Waals surface area (Å²) in [5, 5.41) is 0. The van der Waals surface area contributed by atoms with Gasteiger partial charge in [0.2, 0.25) is 5.88 Å². The van der Waals surface area contributed by atoms with Crippen LogP contribution in [0.4, 0.5) is 4.39 Å². The molecular formula is C31H29FN4O5. The normalized spacial score (nSPS) is 11.1. The molecule has 0 fully saturated rings. The van der Waals surface area contributed by atoms with Gasteiger partial charge in [0.05, 0.1) is 41.6 Å². The Morgan fingerprint density at radius 1 is 0.976 bits per heavy atom. The summed E-state index contributed by atoms with van der Waals surface area (Å²) in [6.45, 7) is 0.978. The number of hydrogen-bond acceptors (Lipinski definition) is 7. The number of esters is 1. The maximum Gasteiger partial charge on any atom is 0.337 e. The standard InChI is InChI=1S/C31H29FN4O5/c1-35-13-5-6-23(30(35)37)19-41-29-8-4-7-25(34-29)21-10-9-20(24(32)16-21)18-28-33-26-12-11-22(31(38)40-3)17-27(26)36(28)14-15-39-2/h4-13,16-17H,14-15,18-19H2,1-3H3. The zero-order chi connectivity index (χ0) is 28.9. The average Bonchev–Trinajstić information content (AvgIpc) is 3.33. The molecule has 0 amide bonds. The third-order valence-corrected chi connectivity index (χ3v) is 6.77. The Labute approximate surface area is 235 Å². The lowest BCUT2D eigenvalue weighted by molar-refractivity contribution is 0.0601. The summed E-state index contributed by atoms with van der Waals surface area (Å²) < 4.78 is 34.7. The summed E-state index contributed by atoms with van der Waals surface area (Å²) in [5.74, 6) is 0.133. The quantitative estimate of drug-likeness (QED) is 0.233. The van der Waals surface area contributed by atoms with Gasteiger partial charge in [-0.05, 0) is 48.0 Å². The van der Waals surface area contributed by atoms with Crippen LogP contribution in [0.1, 0.15) is 27.3 Å².